The number of carbonyl (C=O) groups excluding carboxylic acids is 2. The van der Waals surface area contributed by atoms with E-state index in [0.717, 1.165) is 0 Å². The van der Waals surface area contributed by atoms with E-state index in [-0.39, 0.29) is 11.9 Å². The highest BCUT2D eigenvalue weighted by atomic mass is 79.9. The Balaban J connectivity index is 0. The zero-order valence-corrected chi connectivity index (χ0v) is 8.60. The molecule has 0 fully saturated rings. The molecule has 0 heterocycles. The second kappa shape index (κ2) is 9.62. The van der Waals surface area contributed by atoms with E-state index in [2.05, 4.69) is 20.7 Å². The van der Waals surface area contributed by atoms with Gasteiger partial charge in [0.05, 0.1) is 11.9 Å². The van der Waals surface area contributed by atoms with Crippen molar-refractivity contribution in [1.29, 1.82) is 0 Å². The van der Waals surface area contributed by atoms with Gasteiger partial charge < -0.3 is 4.74 Å². The molecular weight excluding hydrogens is 212 g/mol. The number of alkyl halides is 1. The average Bonchev–Trinajstić information content (AvgIpc) is 2.07. The van der Waals surface area contributed by atoms with E-state index in [1.54, 1.807) is 6.92 Å². The van der Waals surface area contributed by atoms with Crippen molar-refractivity contribution in [2.75, 3.05) is 11.9 Å². The van der Waals surface area contributed by atoms with Gasteiger partial charge in [0.25, 0.3) is 0 Å². The molecule has 0 spiro atoms. The van der Waals surface area contributed by atoms with Crippen molar-refractivity contribution in [3.63, 3.8) is 0 Å². The van der Waals surface area contributed by atoms with Crippen molar-refractivity contribution in [3.8, 4) is 0 Å². The maximum absolute atomic E-state index is 10.4. The summed E-state index contributed by atoms with van der Waals surface area (Å²) < 4.78 is 4.38. The number of rotatable bonds is 3. The molecule has 0 rings (SSSR count). The van der Waals surface area contributed by atoms with Crippen LogP contribution in [0.15, 0.2) is 0 Å². The Kier molecular flexibility index (Phi) is 11.6. The molecule has 0 aliphatic heterocycles. The van der Waals surface area contributed by atoms with E-state index in [9.17, 15) is 9.59 Å². The molecule has 0 amide bonds. The fraction of sp³-hybridized carbons (Fsp3) is 0.714. The largest absolute Gasteiger partial charge is 0.460 e. The SMILES string of the molecule is CC.CCOC(=O)C(=O)CBr. The Bertz CT molecular complexity index is 123. The highest BCUT2D eigenvalue weighted by Crippen LogP contribution is 1.85. The molecule has 0 unspecified atom stereocenters. The first kappa shape index (κ1) is 13.2. The van der Waals surface area contributed by atoms with Gasteiger partial charge in [0.15, 0.2) is 0 Å². The van der Waals surface area contributed by atoms with Gasteiger partial charge in [0.2, 0.25) is 5.78 Å². The molecular formula is C7H13BrO3. The van der Waals surface area contributed by atoms with Crippen LogP contribution in [0.3, 0.4) is 0 Å². The molecule has 0 saturated heterocycles. The normalized spacial score (nSPS) is 7.64. The van der Waals surface area contributed by atoms with Crippen LogP contribution in [0.25, 0.3) is 0 Å². The summed E-state index contributed by atoms with van der Waals surface area (Å²) in [5, 5.41) is 0.0336. The molecule has 0 N–H and O–H groups in total. The molecule has 0 aromatic rings. The van der Waals surface area contributed by atoms with Crippen molar-refractivity contribution >= 4 is 27.7 Å². The van der Waals surface area contributed by atoms with Crippen molar-refractivity contribution in [2.24, 2.45) is 0 Å². The summed E-state index contributed by atoms with van der Waals surface area (Å²) in [6.07, 6.45) is 0. The van der Waals surface area contributed by atoms with Crippen molar-refractivity contribution < 1.29 is 14.3 Å². The minimum absolute atomic E-state index is 0.0336. The van der Waals surface area contributed by atoms with Gasteiger partial charge in [-0.05, 0) is 6.92 Å². The van der Waals surface area contributed by atoms with Crippen LogP contribution in [0.5, 0.6) is 0 Å². The standard InChI is InChI=1S/C5H7BrO3.C2H6/c1-2-9-5(8)4(7)3-6;1-2/h2-3H2,1H3;1-2H3. The number of hydrogen-bond acceptors (Lipinski definition) is 3. The lowest BCUT2D eigenvalue weighted by molar-refractivity contribution is -0.152. The first-order chi connectivity index (χ1) is 5.22. The topological polar surface area (TPSA) is 43.4 Å². The smallest absolute Gasteiger partial charge is 0.375 e. The summed E-state index contributed by atoms with van der Waals surface area (Å²) >= 11 is 2.83. The monoisotopic (exact) mass is 224 g/mol. The number of ether oxygens (including phenoxy) is 1. The van der Waals surface area contributed by atoms with Crippen LogP contribution in [0.1, 0.15) is 20.8 Å². The molecule has 0 radical (unpaired) electrons. The molecule has 0 aliphatic carbocycles. The van der Waals surface area contributed by atoms with Crippen molar-refractivity contribution in [1.82, 2.24) is 0 Å². The second-order valence-electron chi connectivity index (χ2n) is 1.28. The zero-order chi connectivity index (χ0) is 9.28. The van der Waals surface area contributed by atoms with Gasteiger partial charge in [-0.1, -0.05) is 29.8 Å². The lowest BCUT2D eigenvalue weighted by atomic mass is 10.5. The van der Waals surface area contributed by atoms with E-state index in [1.807, 2.05) is 13.8 Å². The summed E-state index contributed by atoms with van der Waals surface area (Å²) in [5.74, 6) is -1.31. The Labute approximate surface area is 75.2 Å². The summed E-state index contributed by atoms with van der Waals surface area (Å²) in [5.41, 5.74) is 0. The Morgan fingerprint density at radius 1 is 1.36 bits per heavy atom. The third-order valence-corrected chi connectivity index (χ3v) is 1.13. The van der Waals surface area contributed by atoms with Gasteiger partial charge in [-0.15, -0.1) is 0 Å². The molecule has 0 aromatic heterocycles. The number of esters is 1. The number of ketones is 1. The van der Waals surface area contributed by atoms with Gasteiger partial charge in [-0.25, -0.2) is 4.79 Å². The maximum Gasteiger partial charge on any atom is 0.375 e. The van der Waals surface area contributed by atoms with Crippen LogP contribution in [-0.4, -0.2) is 23.7 Å². The molecule has 0 bridgehead atoms. The van der Waals surface area contributed by atoms with Gasteiger partial charge in [-0.2, -0.15) is 0 Å². The van der Waals surface area contributed by atoms with Crippen LogP contribution in [0.4, 0.5) is 0 Å². The van der Waals surface area contributed by atoms with Gasteiger partial charge in [0, 0.05) is 0 Å². The Hall–Kier alpha value is -0.380. The molecule has 11 heavy (non-hydrogen) atoms. The first-order valence-corrected chi connectivity index (χ1v) is 4.60. The highest BCUT2D eigenvalue weighted by Gasteiger charge is 2.11. The maximum atomic E-state index is 10.4. The van der Waals surface area contributed by atoms with Crippen molar-refractivity contribution in [2.45, 2.75) is 20.8 Å². The Morgan fingerprint density at radius 3 is 2.09 bits per heavy atom. The van der Waals surface area contributed by atoms with E-state index < -0.39 is 11.8 Å². The van der Waals surface area contributed by atoms with Crippen LogP contribution >= 0.6 is 15.9 Å². The summed E-state index contributed by atoms with van der Waals surface area (Å²) in [6, 6.07) is 0. The number of Topliss-reactive ketones (excluding diaryl/α,β-unsaturated/α-hetero) is 1. The molecule has 4 heteroatoms. The third kappa shape index (κ3) is 7.52. The molecule has 0 atom stereocenters. The number of halogens is 1. The van der Waals surface area contributed by atoms with Crippen LogP contribution in [0.2, 0.25) is 0 Å². The fourth-order valence-electron chi connectivity index (χ4n) is 0.266. The number of hydrogen-bond donors (Lipinski definition) is 0. The predicted octanol–water partition coefficient (Wildman–Crippen LogP) is 1.54. The molecule has 0 aliphatic rings. The van der Waals surface area contributed by atoms with Crippen LogP contribution in [-0.2, 0) is 14.3 Å². The molecule has 3 nitrogen and oxygen atoms in total. The average molecular weight is 225 g/mol. The van der Waals surface area contributed by atoms with E-state index >= 15 is 0 Å². The highest BCUT2D eigenvalue weighted by molar-refractivity contribution is 9.09. The second-order valence-corrected chi connectivity index (χ2v) is 1.84. The molecule has 66 valence electrons. The molecule has 0 saturated carbocycles. The number of carbonyl (C=O) groups is 2. The minimum atomic E-state index is -0.769. The Morgan fingerprint density at radius 2 is 1.82 bits per heavy atom. The predicted molar refractivity (Wildman–Crippen MR) is 46.8 cm³/mol. The molecule has 0 aromatic carbocycles. The summed E-state index contributed by atoms with van der Waals surface area (Å²) in [7, 11) is 0. The quantitative estimate of drug-likeness (QED) is 0.415. The minimum Gasteiger partial charge on any atom is -0.460 e. The van der Waals surface area contributed by atoms with Crippen LogP contribution < -0.4 is 0 Å². The lowest BCUT2D eigenvalue weighted by Crippen LogP contribution is -2.17. The zero-order valence-electron chi connectivity index (χ0n) is 7.02. The van der Waals surface area contributed by atoms with Gasteiger partial charge in [0.1, 0.15) is 0 Å². The van der Waals surface area contributed by atoms with Gasteiger partial charge in [-0.3, -0.25) is 4.79 Å². The first-order valence-electron chi connectivity index (χ1n) is 3.48. The summed E-state index contributed by atoms with van der Waals surface area (Å²) in [4.78, 5) is 20.8. The summed E-state index contributed by atoms with van der Waals surface area (Å²) in [6.45, 7) is 5.90. The lowest BCUT2D eigenvalue weighted by Gasteiger charge is -1.95. The fourth-order valence-corrected chi connectivity index (χ4v) is 0.495. The van der Waals surface area contributed by atoms with E-state index in [0.29, 0.717) is 0 Å². The van der Waals surface area contributed by atoms with Crippen LogP contribution in [0, 0.1) is 0 Å². The van der Waals surface area contributed by atoms with E-state index in [1.165, 1.54) is 0 Å². The third-order valence-electron chi connectivity index (χ3n) is 0.624. The van der Waals surface area contributed by atoms with Crippen molar-refractivity contribution in [3.05, 3.63) is 0 Å². The van der Waals surface area contributed by atoms with E-state index in [4.69, 9.17) is 0 Å². The van der Waals surface area contributed by atoms with Gasteiger partial charge >= 0.3 is 5.97 Å².